The minimum absolute atomic E-state index is 0.251. The van der Waals surface area contributed by atoms with Gasteiger partial charge in [0, 0.05) is 5.38 Å². The van der Waals surface area contributed by atoms with Gasteiger partial charge in [-0.05, 0) is 44.6 Å². The summed E-state index contributed by atoms with van der Waals surface area (Å²) in [6, 6.07) is 6.79. The summed E-state index contributed by atoms with van der Waals surface area (Å²) < 4.78 is 0. The van der Waals surface area contributed by atoms with E-state index in [1.165, 1.54) is 16.7 Å². The van der Waals surface area contributed by atoms with Crippen LogP contribution in [0.3, 0.4) is 0 Å². The van der Waals surface area contributed by atoms with Crippen LogP contribution in [0.1, 0.15) is 43.9 Å². The van der Waals surface area contributed by atoms with Crippen LogP contribution in [0.5, 0.6) is 0 Å². The average molecular weight is 239 g/mol. The van der Waals surface area contributed by atoms with E-state index < -0.39 is 0 Å². The maximum atomic E-state index is 6.09. The van der Waals surface area contributed by atoms with Crippen LogP contribution in [0.15, 0.2) is 18.2 Å². The lowest BCUT2D eigenvalue weighted by Crippen LogP contribution is -2.19. The van der Waals surface area contributed by atoms with Crippen LogP contribution in [-0.2, 0) is 6.42 Å². The van der Waals surface area contributed by atoms with E-state index in [0.29, 0.717) is 0 Å². The molecule has 0 aliphatic heterocycles. The van der Waals surface area contributed by atoms with Gasteiger partial charge in [0.05, 0.1) is 0 Å². The van der Waals surface area contributed by atoms with Crippen LogP contribution in [-0.4, -0.2) is 5.38 Å². The predicted molar refractivity (Wildman–Crippen MR) is 73.3 cm³/mol. The maximum Gasteiger partial charge on any atom is 0.0313 e. The fourth-order valence-corrected chi connectivity index (χ4v) is 2.97. The van der Waals surface area contributed by atoms with Gasteiger partial charge in [0.1, 0.15) is 0 Å². The maximum absolute atomic E-state index is 6.09. The van der Waals surface area contributed by atoms with Crippen LogP contribution in [0.4, 0.5) is 0 Å². The highest BCUT2D eigenvalue weighted by molar-refractivity contribution is 6.20. The van der Waals surface area contributed by atoms with Crippen LogP contribution < -0.4 is 0 Å². The molecule has 0 fully saturated rings. The van der Waals surface area contributed by atoms with E-state index in [4.69, 9.17) is 11.6 Å². The fraction of sp³-hybridized carbons (Fsp3) is 0.600. The molecule has 1 heteroatoms. The third-order valence-corrected chi connectivity index (χ3v) is 2.95. The number of halogens is 1. The lowest BCUT2D eigenvalue weighted by Gasteiger charge is -2.26. The van der Waals surface area contributed by atoms with Crippen LogP contribution in [0, 0.1) is 19.3 Å². The first-order valence-corrected chi connectivity index (χ1v) is 6.43. The quantitative estimate of drug-likeness (QED) is 0.656. The number of aryl methyl sites for hydroxylation is 2. The zero-order valence-electron chi connectivity index (χ0n) is 11.1. The van der Waals surface area contributed by atoms with Gasteiger partial charge in [-0.3, -0.25) is 0 Å². The van der Waals surface area contributed by atoms with Crippen molar-refractivity contribution < 1.29 is 0 Å². The molecule has 0 radical (unpaired) electrons. The Kier molecular flexibility index (Phi) is 4.43. The summed E-state index contributed by atoms with van der Waals surface area (Å²) in [6.45, 7) is 11.0. The summed E-state index contributed by atoms with van der Waals surface area (Å²) in [4.78, 5) is 0. The SMILES string of the molecule is Cc1cc(C)cc(CC(C)(C)CC(C)Cl)c1. The second-order valence-electron chi connectivity index (χ2n) is 5.82. The summed E-state index contributed by atoms with van der Waals surface area (Å²) in [5.74, 6) is 0. The van der Waals surface area contributed by atoms with Crippen molar-refractivity contribution in [2.75, 3.05) is 0 Å². The lowest BCUT2D eigenvalue weighted by molar-refractivity contribution is 0.331. The van der Waals surface area contributed by atoms with Gasteiger partial charge in [0.2, 0.25) is 0 Å². The van der Waals surface area contributed by atoms with Crippen molar-refractivity contribution >= 4 is 11.6 Å². The standard InChI is InChI=1S/C15H23Cl/c1-11-6-12(2)8-14(7-11)10-15(4,5)9-13(3)16/h6-8,13H,9-10H2,1-5H3. The lowest BCUT2D eigenvalue weighted by atomic mass is 9.81. The minimum Gasteiger partial charge on any atom is -0.123 e. The molecule has 0 saturated carbocycles. The monoisotopic (exact) mass is 238 g/mol. The molecule has 0 saturated heterocycles. The van der Waals surface area contributed by atoms with Gasteiger partial charge < -0.3 is 0 Å². The van der Waals surface area contributed by atoms with Gasteiger partial charge in [-0.2, -0.15) is 0 Å². The van der Waals surface area contributed by atoms with Gasteiger partial charge >= 0.3 is 0 Å². The van der Waals surface area contributed by atoms with E-state index in [0.717, 1.165) is 12.8 Å². The highest BCUT2D eigenvalue weighted by Crippen LogP contribution is 2.29. The van der Waals surface area contributed by atoms with E-state index in [-0.39, 0.29) is 10.8 Å². The van der Waals surface area contributed by atoms with Gasteiger partial charge in [-0.25, -0.2) is 0 Å². The molecule has 0 spiro atoms. The van der Waals surface area contributed by atoms with Gasteiger partial charge in [-0.1, -0.05) is 43.2 Å². The molecule has 16 heavy (non-hydrogen) atoms. The Morgan fingerprint density at radius 3 is 2.06 bits per heavy atom. The van der Waals surface area contributed by atoms with Crippen LogP contribution in [0.2, 0.25) is 0 Å². The normalized spacial score (nSPS) is 13.9. The number of hydrogen-bond donors (Lipinski definition) is 0. The van der Waals surface area contributed by atoms with E-state index in [1.807, 2.05) is 0 Å². The molecule has 1 rings (SSSR count). The Morgan fingerprint density at radius 1 is 1.12 bits per heavy atom. The minimum atomic E-state index is 0.251. The summed E-state index contributed by atoms with van der Waals surface area (Å²) in [5.41, 5.74) is 4.41. The molecule has 0 nitrogen and oxygen atoms in total. The molecule has 0 aliphatic carbocycles. The van der Waals surface area contributed by atoms with Crippen molar-refractivity contribution in [1.29, 1.82) is 0 Å². The molecule has 0 bridgehead atoms. The van der Waals surface area contributed by atoms with E-state index >= 15 is 0 Å². The van der Waals surface area contributed by atoms with Crippen molar-refractivity contribution in [2.24, 2.45) is 5.41 Å². The molecule has 1 unspecified atom stereocenters. The molecular weight excluding hydrogens is 216 g/mol. The Labute approximate surface area is 105 Å². The molecule has 0 heterocycles. The molecule has 0 amide bonds. The first-order valence-electron chi connectivity index (χ1n) is 6.00. The summed E-state index contributed by atoms with van der Waals surface area (Å²) in [7, 11) is 0. The van der Waals surface area contributed by atoms with Gasteiger partial charge in [-0.15, -0.1) is 11.6 Å². The van der Waals surface area contributed by atoms with Gasteiger partial charge in [0.15, 0.2) is 0 Å². The smallest absolute Gasteiger partial charge is 0.0313 e. The van der Waals surface area contributed by atoms with E-state index in [9.17, 15) is 0 Å². The second kappa shape index (κ2) is 5.23. The number of benzene rings is 1. The molecule has 1 aromatic rings. The number of hydrogen-bond acceptors (Lipinski definition) is 0. The topological polar surface area (TPSA) is 0 Å². The van der Waals surface area contributed by atoms with Crippen molar-refractivity contribution in [2.45, 2.75) is 52.8 Å². The number of rotatable bonds is 4. The Morgan fingerprint density at radius 2 is 1.62 bits per heavy atom. The van der Waals surface area contributed by atoms with Crippen LogP contribution >= 0.6 is 11.6 Å². The second-order valence-corrected chi connectivity index (χ2v) is 6.57. The molecule has 0 aliphatic rings. The Hall–Kier alpha value is -0.490. The van der Waals surface area contributed by atoms with Gasteiger partial charge in [0.25, 0.3) is 0 Å². The van der Waals surface area contributed by atoms with Crippen LogP contribution in [0.25, 0.3) is 0 Å². The molecule has 1 aromatic carbocycles. The fourth-order valence-electron chi connectivity index (χ4n) is 2.56. The third-order valence-electron chi connectivity index (χ3n) is 2.80. The first kappa shape index (κ1) is 13.6. The average Bonchev–Trinajstić information content (AvgIpc) is 1.95. The summed E-state index contributed by atoms with van der Waals surface area (Å²) in [5, 5.41) is 0.251. The molecule has 0 aromatic heterocycles. The zero-order valence-corrected chi connectivity index (χ0v) is 11.9. The first-order chi connectivity index (χ1) is 7.28. The van der Waals surface area contributed by atoms with Crippen molar-refractivity contribution in [1.82, 2.24) is 0 Å². The Bertz CT molecular complexity index is 330. The van der Waals surface area contributed by atoms with E-state index in [1.54, 1.807) is 0 Å². The predicted octanol–water partition coefficient (Wildman–Crippen LogP) is 4.89. The van der Waals surface area contributed by atoms with E-state index in [2.05, 4.69) is 52.8 Å². The molecule has 0 N–H and O–H groups in total. The largest absolute Gasteiger partial charge is 0.123 e. The van der Waals surface area contributed by atoms with Crippen molar-refractivity contribution in [3.8, 4) is 0 Å². The van der Waals surface area contributed by atoms with Crippen molar-refractivity contribution in [3.05, 3.63) is 34.9 Å². The Balaban J connectivity index is 2.79. The summed E-state index contributed by atoms with van der Waals surface area (Å²) in [6.07, 6.45) is 2.16. The highest BCUT2D eigenvalue weighted by Gasteiger charge is 2.20. The van der Waals surface area contributed by atoms with Crippen molar-refractivity contribution in [3.63, 3.8) is 0 Å². The molecular formula is C15H23Cl. The molecule has 1 atom stereocenters. The summed E-state index contributed by atoms with van der Waals surface area (Å²) >= 11 is 6.09. The highest BCUT2D eigenvalue weighted by atomic mass is 35.5. The molecule has 90 valence electrons. The third kappa shape index (κ3) is 4.57. The number of alkyl halides is 1. The zero-order chi connectivity index (χ0) is 12.3.